The molecule has 1 aromatic heterocycles. The van der Waals surface area contributed by atoms with Crippen molar-refractivity contribution in [2.45, 2.75) is 6.18 Å². The molecule has 0 bridgehead atoms. The van der Waals surface area contributed by atoms with Gasteiger partial charge in [-0.1, -0.05) is 12.1 Å². The van der Waals surface area contributed by atoms with Crippen LogP contribution in [0.3, 0.4) is 0 Å². The van der Waals surface area contributed by atoms with E-state index in [0.717, 1.165) is 0 Å². The van der Waals surface area contributed by atoms with E-state index in [1.165, 1.54) is 36.7 Å². The van der Waals surface area contributed by atoms with Gasteiger partial charge in [-0.15, -0.1) is 0 Å². The molecule has 0 N–H and O–H groups in total. The molecule has 2 rings (SSSR count). The second-order valence-electron chi connectivity index (χ2n) is 3.20. The van der Waals surface area contributed by atoms with Gasteiger partial charge in [0, 0.05) is 6.20 Å². The molecule has 0 saturated heterocycles. The van der Waals surface area contributed by atoms with Gasteiger partial charge in [0.2, 0.25) is 0 Å². The number of halogens is 3. The van der Waals surface area contributed by atoms with Gasteiger partial charge in [0.15, 0.2) is 0 Å². The third kappa shape index (κ3) is 2.75. The fourth-order valence-corrected chi connectivity index (χ4v) is 1.26. The number of rotatable bonds is 2. The van der Waals surface area contributed by atoms with Gasteiger partial charge in [0.25, 0.3) is 0 Å². The number of hydrogen-bond acceptors (Lipinski definition) is 2. The van der Waals surface area contributed by atoms with E-state index in [0.29, 0.717) is 0 Å². The minimum Gasteiger partial charge on any atom is -0.455 e. The van der Waals surface area contributed by atoms with E-state index < -0.39 is 11.7 Å². The molecule has 1 radical (unpaired) electrons. The van der Waals surface area contributed by atoms with Gasteiger partial charge in [0.1, 0.15) is 17.1 Å². The smallest absolute Gasteiger partial charge is 0.420 e. The average Bonchev–Trinajstić information content (AvgIpc) is 2.30. The number of ether oxygens (including phenoxy) is 1. The van der Waals surface area contributed by atoms with E-state index in [4.69, 9.17) is 4.74 Å². The molecule has 0 spiro atoms. The van der Waals surface area contributed by atoms with Crippen LogP contribution < -0.4 is 4.74 Å². The largest absolute Gasteiger partial charge is 0.455 e. The molecule has 0 fully saturated rings. The Kier molecular flexibility index (Phi) is 2.99. The average molecular weight is 238 g/mol. The minimum absolute atomic E-state index is 0.248. The van der Waals surface area contributed by atoms with Gasteiger partial charge in [-0.05, 0) is 24.3 Å². The van der Waals surface area contributed by atoms with E-state index in [1.54, 1.807) is 6.07 Å². The van der Waals surface area contributed by atoms with E-state index in [2.05, 4.69) is 11.1 Å². The minimum atomic E-state index is -4.49. The summed E-state index contributed by atoms with van der Waals surface area (Å²) in [5.74, 6) is -0.0365. The van der Waals surface area contributed by atoms with Crippen LogP contribution in [0, 0.1) is 6.07 Å². The van der Waals surface area contributed by atoms with Crippen LogP contribution in [0.5, 0.6) is 11.5 Å². The molecule has 0 aliphatic rings. The van der Waals surface area contributed by atoms with Crippen molar-refractivity contribution in [3.63, 3.8) is 0 Å². The van der Waals surface area contributed by atoms with Crippen molar-refractivity contribution in [3.05, 3.63) is 54.4 Å². The number of alkyl halides is 3. The first-order valence-electron chi connectivity index (χ1n) is 4.73. The molecule has 2 nitrogen and oxygen atoms in total. The molecule has 0 aliphatic heterocycles. The van der Waals surface area contributed by atoms with Crippen LogP contribution in [0.1, 0.15) is 5.56 Å². The summed E-state index contributed by atoms with van der Waals surface area (Å²) in [5.41, 5.74) is -0.927. The topological polar surface area (TPSA) is 22.1 Å². The lowest BCUT2D eigenvalue weighted by Gasteiger charge is -2.12. The van der Waals surface area contributed by atoms with Crippen molar-refractivity contribution in [1.82, 2.24) is 4.98 Å². The van der Waals surface area contributed by atoms with Crippen LogP contribution in [-0.4, -0.2) is 4.98 Å². The predicted octanol–water partition coefficient (Wildman–Crippen LogP) is 3.69. The van der Waals surface area contributed by atoms with Gasteiger partial charge >= 0.3 is 6.18 Å². The van der Waals surface area contributed by atoms with Crippen molar-refractivity contribution in [1.29, 1.82) is 0 Å². The first-order chi connectivity index (χ1) is 8.07. The predicted molar refractivity (Wildman–Crippen MR) is 54.6 cm³/mol. The van der Waals surface area contributed by atoms with Crippen molar-refractivity contribution in [2.75, 3.05) is 0 Å². The van der Waals surface area contributed by atoms with Gasteiger partial charge in [-0.25, -0.2) is 0 Å². The van der Waals surface area contributed by atoms with Gasteiger partial charge in [-0.3, -0.25) is 4.98 Å². The summed E-state index contributed by atoms with van der Waals surface area (Å²) in [7, 11) is 0. The number of nitrogens with zero attached hydrogens (tertiary/aromatic N) is 1. The Balaban J connectivity index is 2.34. The molecule has 5 heteroatoms. The molecule has 0 unspecified atom stereocenters. The van der Waals surface area contributed by atoms with E-state index >= 15 is 0 Å². The Labute approximate surface area is 95.7 Å². The van der Waals surface area contributed by atoms with Crippen molar-refractivity contribution < 1.29 is 17.9 Å². The third-order valence-corrected chi connectivity index (χ3v) is 1.96. The molecule has 0 amide bonds. The highest BCUT2D eigenvalue weighted by Gasteiger charge is 2.34. The van der Waals surface area contributed by atoms with Crippen LogP contribution in [0.4, 0.5) is 13.2 Å². The fourth-order valence-electron chi connectivity index (χ4n) is 1.26. The normalized spacial score (nSPS) is 11.2. The zero-order valence-electron chi connectivity index (χ0n) is 8.53. The van der Waals surface area contributed by atoms with Crippen LogP contribution in [0.2, 0.25) is 0 Å². The van der Waals surface area contributed by atoms with Crippen LogP contribution >= 0.6 is 0 Å². The lowest BCUT2D eigenvalue weighted by molar-refractivity contribution is -0.138. The zero-order valence-corrected chi connectivity index (χ0v) is 8.53. The van der Waals surface area contributed by atoms with Crippen LogP contribution in [0.15, 0.2) is 42.7 Å². The maximum absolute atomic E-state index is 12.6. The van der Waals surface area contributed by atoms with Gasteiger partial charge in [-0.2, -0.15) is 13.2 Å². The first kappa shape index (κ1) is 11.4. The lowest BCUT2D eigenvalue weighted by Crippen LogP contribution is -2.07. The SMILES string of the molecule is FC(F)(F)c1[c]cccc1Oc1cccnc1. The highest BCUT2D eigenvalue weighted by molar-refractivity contribution is 5.38. The fraction of sp³-hybridized carbons (Fsp3) is 0.0833. The monoisotopic (exact) mass is 238 g/mol. The second kappa shape index (κ2) is 4.45. The third-order valence-electron chi connectivity index (χ3n) is 1.96. The number of aromatic nitrogens is 1. The van der Waals surface area contributed by atoms with Crippen LogP contribution in [0.25, 0.3) is 0 Å². The molecule has 0 saturated carbocycles. The summed E-state index contributed by atoms with van der Waals surface area (Å²) in [4.78, 5) is 3.76. The Morgan fingerprint density at radius 1 is 1.18 bits per heavy atom. The molecule has 1 aromatic carbocycles. The summed E-state index contributed by atoms with van der Waals surface area (Å²) >= 11 is 0. The summed E-state index contributed by atoms with van der Waals surface area (Å²) in [5, 5.41) is 0. The Morgan fingerprint density at radius 2 is 2.00 bits per heavy atom. The first-order valence-corrected chi connectivity index (χ1v) is 4.73. The second-order valence-corrected chi connectivity index (χ2v) is 3.20. The number of benzene rings is 1. The summed E-state index contributed by atoms with van der Waals surface area (Å²) < 4.78 is 43.0. The lowest BCUT2D eigenvalue weighted by atomic mass is 10.2. The summed E-state index contributed by atoms with van der Waals surface area (Å²) in [6.45, 7) is 0. The molecule has 0 atom stereocenters. The van der Waals surface area contributed by atoms with Crippen molar-refractivity contribution in [2.24, 2.45) is 0 Å². The maximum atomic E-state index is 12.6. The van der Waals surface area contributed by atoms with Crippen molar-refractivity contribution in [3.8, 4) is 11.5 Å². The zero-order chi connectivity index (χ0) is 12.3. The van der Waals surface area contributed by atoms with Crippen LogP contribution in [-0.2, 0) is 6.18 Å². The molecule has 17 heavy (non-hydrogen) atoms. The van der Waals surface area contributed by atoms with E-state index in [1.807, 2.05) is 0 Å². The molecular weight excluding hydrogens is 231 g/mol. The molecule has 0 aliphatic carbocycles. The Hall–Kier alpha value is -2.04. The van der Waals surface area contributed by atoms with Gasteiger partial charge < -0.3 is 4.74 Å². The van der Waals surface area contributed by atoms with Crippen molar-refractivity contribution >= 4 is 0 Å². The van der Waals surface area contributed by atoms with E-state index in [-0.39, 0.29) is 11.5 Å². The number of hydrogen-bond donors (Lipinski definition) is 0. The standard InChI is InChI=1S/C12H7F3NO/c13-12(14,15)10-5-1-2-6-11(10)17-9-4-3-7-16-8-9/h1-4,6-8H. The highest BCUT2D eigenvalue weighted by atomic mass is 19.4. The number of pyridine rings is 1. The van der Waals surface area contributed by atoms with Gasteiger partial charge in [0.05, 0.1) is 6.20 Å². The molecule has 1 heterocycles. The molecule has 2 aromatic rings. The quantitative estimate of drug-likeness (QED) is 0.795. The summed E-state index contributed by atoms with van der Waals surface area (Å²) in [6.07, 6.45) is -1.64. The van der Waals surface area contributed by atoms with E-state index in [9.17, 15) is 13.2 Å². The maximum Gasteiger partial charge on any atom is 0.420 e. The Bertz CT molecular complexity index is 497. The summed E-state index contributed by atoms with van der Waals surface area (Å²) in [6, 6.07) is 9.10. The molecular formula is C12H7F3NO. The Morgan fingerprint density at radius 3 is 2.65 bits per heavy atom. The highest BCUT2D eigenvalue weighted by Crippen LogP contribution is 2.37. The molecule has 87 valence electrons.